The van der Waals surface area contributed by atoms with Crippen LogP contribution in [0.2, 0.25) is 0 Å². The first-order valence-electron chi connectivity index (χ1n) is 21.5. The molecule has 4 aliphatic heterocycles. The third-order valence-electron chi connectivity index (χ3n) is 11.7. The van der Waals surface area contributed by atoms with Crippen molar-refractivity contribution >= 4 is 29.8 Å². The van der Waals surface area contributed by atoms with Crippen molar-refractivity contribution in [3.05, 3.63) is 58.6 Å². The number of carbonyl (C=O) groups is 5. The van der Waals surface area contributed by atoms with Crippen LogP contribution in [0.15, 0.2) is 58.6 Å². The van der Waals surface area contributed by atoms with Crippen LogP contribution in [0.25, 0.3) is 0 Å². The van der Waals surface area contributed by atoms with Crippen molar-refractivity contribution < 1.29 is 112 Å². The third-order valence-corrected chi connectivity index (χ3v) is 11.7. The number of hydrogen-bond acceptors (Lipinski definition) is 22. The summed E-state index contributed by atoms with van der Waals surface area (Å²) in [7, 11) is 2.22. The van der Waals surface area contributed by atoms with Gasteiger partial charge in [0.1, 0.15) is 55.4 Å². The van der Waals surface area contributed by atoms with Gasteiger partial charge in [-0.25, -0.2) is 14.4 Å². The first-order valence-corrected chi connectivity index (χ1v) is 21.5. The molecule has 0 amide bonds. The molecule has 0 aromatic rings. The summed E-state index contributed by atoms with van der Waals surface area (Å²) in [6.45, 7) is 5.08. The van der Waals surface area contributed by atoms with Crippen LogP contribution in [0.1, 0.15) is 59.8 Å². The van der Waals surface area contributed by atoms with Gasteiger partial charge in [-0.1, -0.05) is 25.2 Å². The zero-order valence-corrected chi connectivity index (χ0v) is 37.9. The molecule has 2 fully saturated rings. The van der Waals surface area contributed by atoms with Crippen molar-refractivity contribution in [2.24, 2.45) is 17.8 Å². The maximum atomic E-state index is 13.5. The van der Waals surface area contributed by atoms with Crippen LogP contribution in [-0.4, -0.2) is 179 Å². The van der Waals surface area contributed by atoms with Crippen LogP contribution in [0.4, 0.5) is 0 Å². The van der Waals surface area contributed by atoms with E-state index < -0.39 is 135 Å². The summed E-state index contributed by atoms with van der Waals surface area (Å²) in [6.07, 6.45) is -12.9. The number of carboxylic acid groups (broad SMARTS) is 1. The molecule has 0 unspecified atom stereocenters. The summed E-state index contributed by atoms with van der Waals surface area (Å²) in [6, 6.07) is 0. The number of aliphatic carboxylic acids is 1. The number of ether oxygens (including phenoxy) is 10. The van der Waals surface area contributed by atoms with Gasteiger partial charge in [-0.3, -0.25) is 9.59 Å². The molecule has 376 valence electrons. The Kier molecular flexibility index (Phi) is 20.9. The first-order chi connectivity index (χ1) is 31.8. The minimum atomic E-state index is -1.93. The molecule has 0 aliphatic carbocycles. The molecule has 4 rings (SSSR count). The van der Waals surface area contributed by atoms with E-state index in [0.29, 0.717) is 19.3 Å². The minimum absolute atomic E-state index is 0.0384. The van der Waals surface area contributed by atoms with Crippen LogP contribution in [0.5, 0.6) is 0 Å². The quantitative estimate of drug-likeness (QED) is 0.0323. The van der Waals surface area contributed by atoms with E-state index in [2.05, 4.69) is 0 Å². The Morgan fingerprint density at radius 2 is 1.15 bits per heavy atom. The van der Waals surface area contributed by atoms with Crippen molar-refractivity contribution in [2.75, 3.05) is 34.0 Å². The monoisotopic (exact) mass is 958 g/mol. The molecule has 0 bridgehead atoms. The number of methoxy groups -OCH3 is 2. The summed E-state index contributed by atoms with van der Waals surface area (Å²) < 4.78 is 54.9. The fourth-order valence-corrected chi connectivity index (χ4v) is 7.65. The zero-order valence-electron chi connectivity index (χ0n) is 37.9. The zero-order chi connectivity index (χ0) is 49.7. The Labute approximate surface area is 385 Å². The third kappa shape index (κ3) is 13.9. The van der Waals surface area contributed by atoms with Crippen LogP contribution in [0.3, 0.4) is 0 Å². The van der Waals surface area contributed by atoms with Gasteiger partial charge in [0.25, 0.3) is 0 Å². The maximum absolute atomic E-state index is 13.5. The lowest BCUT2D eigenvalue weighted by Gasteiger charge is -2.42. The van der Waals surface area contributed by atoms with Crippen LogP contribution in [-0.2, 0) is 71.3 Å². The van der Waals surface area contributed by atoms with Crippen molar-refractivity contribution in [2.45, 2.75) is 134 Å². The Morgan fingerprint density at radius 3 is 1.60 bits per heavy atom. The van der Waals surface area contributed by atoms with Crippen LogP contribution in [0, 0.1) is 17.8 Å². The smallest absolute Gasteiger partial charge is 0.337 e. The van der Waals surface area contributed by atoms with Gasteiger partial charge in [-0.15, -0.1) is 0 Å². The molecule has 0 aromatic heterocycles. The summed E-state index contributed by atoms with van der Waals surface area (Å²) in [4.78, 5) is 63.3. The Hall–Kier alpha value is -4.79. The van der Waals surface area contributed by atoms with E-state index >= 15 is 0 Å². The molecule has 0 spiro atoms. The van der Waals surface area contributed by atoms with E-state index in [1.165, 1.54) is 26.0 Å². The van der Waals surface area contributed by atoms with Crippen molar-refractivity contribution in [3.63, 3.8) is 0 Å². The van der Waals surface area contributed by atoms with Crippen molar-refractivity contribution in [1.29, 1.82) is 0 Å². The second-order valence-electron chi connectivity index (χ2n) is 16.2. The summed E-state index contributed by atoms with van der Waals surface area (Å²) in [5.74, 6) is -6.48. The van der Waals surface area contributed by atoms with Crippen LogP contribution < -0.4 is 0 Å². The lowest BCUT2D eigenvalue weighted by atomic mass is 9.86. The predicted octanol–water partition coefficient (Wildman–Crippen LogP) is -0.718. The molecule has 4 aliphatic rings. The number of esters is 4. The molecule has 23 heteroatoms. The molecule has 2 saturated heterocycles. The lowest BCUT2D eigenvalue weighted by Crippen LogP contribution is -2.60. The van der Waals surface area contributed by atoms with E-state index in [0.717, 1.165) is 26.7 Å². The summed E-state index contributed by atoms with van der Waals surface area (Å²) in [5, 5.41) is 82.2. The topological polar surface area (TPSA) is 339 Å². The fraction of sp³-hybridized carbons (Fsp3) is 0.659. The van der Waals surface area contributed by atoms with E-state index in [9.17, 15) is 59.7 Å². The van der Waals surface area contributed by atoms with Gasteiger partial charge in [-0.05, 0) is 46.0 Å². The predicted molar refractivity (Wildman–Crippen MR) is 223 cm³/mol. The molecule has 8 N–H and O–H groups in total. The number of hydrogen-bond donors (Lipinski definition) is 8. The van der Waals surface area contributed by atoms with E-state index in [1.54, 1.807) is 13.0 Å². The molecule has 4 heterocycles. The number of rotatable bonds is 20. The Balaban J connectivity index is 1.42. The van der Waals surface area contributed by atoms with Gasteiger partial charge >= 0.3 is 29.8 Å². The van der Waals surface area contributed by atoms with Crippen molar-refractivity contribution in [3.8, 4) is 0 Å². The Bertz CT molecular complexity index is 1890. The van der Waals surface area contributed by atoms with E-state index in [1.807, 2.05) is 6.92 Å². The fourth-order valence-electron chi connectivity index (χ4n) is 7.65. The van der Waals surface area contributed by atoms with Gasteiger partial charge in [0, 0.05) is 28.6 Å². The maximum Gasteiger partial charge on any atom is 0.337 e. The molecule has 23 nitrogen and oxygen atoms in total. The normalized spacial score (nSPS) is 33.9. The van der Waals surface area contributed by atoms with Gasteiger partial charge in [0.2, 0.25) is 12.6 Å². The average Bonchev–Trinajstić information content (AvgIpc) is 3.30. The molecule has 0 aromatic carbocycles. The van der Waals surface area contributed by atoms with Gasteiger partial charge in [0.15, 0.2) is 12.6 Å². The van der Waals surface area contributed by atoms with Gasteiger partial charge in [-0.2, -0.15) is 0 Å². The molecular weight excluding hydrogens is 896 g/mol. The number of aliphatic hydroxyl groups excluding tert-OH is 7. The highest BCUT2D eigenvalue weighted by molar-refractivity contribution is 5.91. The number of aliphatic hydroxyl groups is 7. The Morgan fingerprint density at radius 1 is 0.687 bits per heavy atom. The van der Waals surface area contributed by atoms with E-state index in [-0.39, 0.29) is 46.8 Å². The largest absolute Gasteiger partial charge is 0.478 e. The highest BCUT2D eigenvalue weighted by Gasteiger charge is 2.49. The molecule has 0 saturated carbocycles. The number of allylic oxidation sites excluding steroid dienone is 3. The SMILES string of the molecule is C/C=C1/[C@H](O[C@@H]2O[C@H](CO)[C@@H](O)[C@H](O)[C@H]2O)OC=C(C(=O)OC)[C@H]1CC(=O)OC[C@H]1O[C@@H](O[C@@H]2OC=C(C(=O)OC)[C@@H](CC(=O)OCC[C@H](C)CC/C=C(\C)C(=O)O)/C2=C\C)[C@H](O)[C@@H](O)[C@@H]1O. The summed E-state index contributed by atoms with van der Waals surface area (Å²) in [5.41, 5.74) is 0.345. The van der Waals surface area contributed by atoms with E-state index in [4.69, 9.17) is 52.5 Å². The number of carboxylic acids is 1. The minimum Gasteiger partial charge on any atom is -0.478 e. The number of carbonyl (C=O) groups excluding carboxylic acids is 4. The highest BCUT2D eigenvalue weighted by Crippen LogP contribution is 2.38. The standard InChI is InChI=1S/C44H62O23/c1-7-22-24(14-30(46)60-13-12-20(3)10-9-11-21(4)38(54)55)26(39(56)58-5)17-63-42(22)67-44-37(53)35(51)33(49)29(65-44)19-61-31(47)15-25-23(8-2)41(62-18-27(25)40(57)59-6)66-43-36(52)34(50)32(48)28(16-45)64-43/h7-8,11,17-18,20,24-25,28-29,32-37,41-45,48-53H,9-10,12-16,19H2,1-6H3,(H,54,55)/b21-11+,22-7+,23-8+/t20-,24+,25+,28-,29-,32-,33-,34+,35+,36-,37-,41+,42+,43+,44+/m1/s1. The average molecular weight is 959 g/mol. The van der Waals surface area contributed by atoms with Gasteiger partial charge in [0.05, 0.1) is 63.9 Å². The molecule has 15 atom stereocenters. The highest BCUT2D eigenvalue weighted by atomic mass is 16.8. The second-order valence-corrected chi connectivity index (χ2v) is 16.2. The van der Waals surface area contributed by atoms with Crippen LogP contribution >= 0.6 is 0 Å². The second kappa shape index (κ2) is 25.5. The first kappa shape index (κ1) is 54.8. The van der Waals surface area contributed by atoms with Crippen molar-refractivity contribution in [1.82, 2.24) is 0 Å². The molecule has 0 radical (unpaired) electrons. The molecule has 67 heavy (non-hydrogen) atoms. The molecular formula is C44H62O23. The van der Waals surface area contributed by atoms with Gasteiger partial charge < -0.3 is 88.2 Å². The summed E-state index contributed by atoms with van der Waals surface area (Å²) >= 11 is 0. The lowest BCUT2D eigenvalue weighted by molar-refractivity contribution is -0.328.